The van der Waals surface area contributed by atoms with E-state index in [4.69, 9.17) is 4.74 Å². The predicted octanol–water partition coefficient (Wildman–Crippen LogP) is -2.07. The Kier molecular flexibility index (Phi) is 5.57. The monoisotopic (exact) mass is 292 g/mol. The van der Waals surface area contributed by atoms with Crippen LogP contribution in [0.15, 0.2) is 30.3 Å². The number of nitrogens with one attached hydrogen (secondary N) is 1. The first-order chi connectivity index (χ1) is 10.1. The number of quaternary nitrogens is 1. The summed E-state index contributed by atoms with van der Waals surface area (Å²) in [5, 5.41) is 10.4. The number of carbonyl (C=O) groups is 2. The van der Waals surface area contributed by atoms with E-state index in [1.54, 1.807) is 4.90 Å². The Balaban J connectivity index is 1.69. The van der Waals surface area contributed by atoms with E-state index in [2.05, 4.69) is 0 Å². The molecule has 0 atom stereocenters. The standard InChI is InChI=1S/C15H20N2O4/c18-14(12-21-13-4-2-1-3-5-13)17-10-8-16(9-11-17)7-6-15(19)20/h1-5H,6-12H2,(H,19,20). The van der Waals surface area contributed by atoms with Gasteiger partial charge in [0.25, 0.3) is 5.91 Å². The summed E-state index contributed by atoms with van der Waals surface area (Å²) in [5.74, 6) is -0.362. The number of hydrogen-bond acceptors (Lipinski definition) is 4. The van der Waals surface area contributed by atoms with Gasteiger partial charge in [-0.1, -0.05) is 18.2 Å². The van der Waals surface area contributed by atoms with Crippen molar-refractivity contribution in [1.29, 1.82) is 0 Å². The van der Waals surface area contributed by atoms with Gasteiger partial charge in [0, 0.05) is 12.4 Å². The second kappa shape index (κ2) is 7.64. The molecule has 1 aliphatic rings. The van der Waals surface area contributed by atoms with Crippen molar-refractivity contribution in [1.82, 2.24) is 4.90 Å². The van der Waals surface area contributed by atoms with Gasteiger partial charge in [0.15, 0.2) is 6.61 Å². The SMILES string of the molecule is O=C([O-])CC[NH+]1CCN(C(=O)COc2ccccc2)CC1. The van der Waals surface area contributed by atoms with Gasteiger partial charge in [-0.25, -0.2) is 0 Å². The smallest absolute Gasteiger partial charge is 0.260 e. The highest BCUT2D eigenvalue weighted by atomic mass is 16.5. The fourth-order valence-corrected chi connectivity index (χ4v) is 2.35. The topological polar surface area (TPSA) is 74.1 Å². The second-order valence-electron chi connectivity index (χ2n) is 5.10. The molecule has 114 valence electrons. The minimum atomic E-state index is -1.02. The molecular formula is C15H20N2O4. The fourth-order valence-electron chi connectivity index (χ4n) is 2.35. The molecule has 1 N–H and O–H groups in total. The summed E-state index contributed by atoms with van der Waals surface area (Å²) < 4.78 is 5.44. The minimum Gasteiger partial charge on any atom is -0.550 e. The van der Waals surface area contributed by atoms with E-state index < -0.39 is 5.97 Å². The first kappa shape index (κ1) is 15.3. The van der Waals surface area contributed by atoms with Crippen LogP contribution in [0.25, 0.3) is 0 Å². The van der Waals surface area contributed by atoms with Gasteiger partial charge in [-0.3, -0.25) is 4.79 Å². The molecule has 0 unspecified atom stereocenters. The molecule has 0 aromatic heterocycles. The normalized spacial score (nSPS) is 15.7. The van der Waals surface area contributed by atoms with Gasteiger partial charge in [0.2, 0.25) is 0 Å². The Morgan fingerprint density at radius 3 is 2.48 bits per heavy atom. The number of rotatable bonds is 6. The molecule has 1 aliphatic heterocycles. The molecule has 0 radical (unpaired) electrons. The summed E-state index contributed by atoms with van der Waals surface area (Å²) in [6.07, 6.45) is 0.0698. The van der Waals surface area contributed by atoms with Crippen LogP contribution >= 0.6 is 0 Å². The van der Waals surface area contributed by atoms with E-state index in [1.807, 2.05) is 30.3 Å². The number of amides is 1. The molecular weight excluding hydrogens is 272 g/mol. The number of para-hydroxylation sites is 1. The fraction of sp³-hybridized carbons (Fsp3) is 0.467. The van der Waals surface area contributed by atoms with E-state index in [0.717, 1.165) is 13.1 Å². The Bertz CT molecular complexity index is 470. The molecule has 6 heteroatoms. The van der Waals surface area contributed by atoms with Crippen LogP contribution < -0.4 is 14.7 Å². The summed E-state index contributed by atoms with van der Waals surface area (Å²) in [5.41, 5.74) is 0. The highest BCUT2D eigenvalue weighted by molar-refractivity contribution is 5.77. The molecule has 0 bridgehead atoms. The average molecular weight is 292 g/mol. The van der Waals surface area contributed by atoms with Crippen LogP contribution in [0.2, 0.25) is 0 Å². The number of carbonyl (C=O) groups excluding carboxylic acids is 2. The first-order valence-electron chi connectivity index (χ1n) is 7.14. The number of aliphatic carboxylic acids is 1. The molecule has 1 saturated heterocycles. The third-order valence-electron chi connectivity index (χ3n) is 3.61. The van der Waals surface area contributed by atoms with Crippen LogP contribution in [0, 0.1) is 0 Å². The third-order valence-corrected chi connectivity index (χ3v) is 3.61. The summed E-state index contributed by atoms with van der Waals surface area (Å²) >= 11 is 0. The van der Waals surface area contributed by atoms with Crippen molar-refractivity contribution in [2.75, 3.05) is 39.3 Å². The quantitative estimate of drug-likeness (QED) is 0.654. The molecule has 1 aromatic carbocycles. The molecule has 1 aromatic rings. The van der Waals surface area contributed by atoms with E-state index in [-0.39, 0.29) is 18.9 Å². The van der Waals surface area contributed by atoms with Crippen LogP contribution in [0.1, 0.15) is 6.42 Å². The van der Waals surface area contributed by atoms with Crippen molar-refractivity contribution in [3.05, 3.63) is 30.3 Å². The number of hydrogen-bond donors (Lipinski definition) is 1. The maximum Gasteiger partial charge on any atom is 0.260 e. The molecule has 6 nitrogen and oxygen atoms in total. The Hall–Kier alpha value is -2.08. The van der Waals surface area contributed by atoms with Gasteiger partial charge in [-0.15, -0.1) is 0 Å². The Labute approximate surface area is 123 Å². The van der Waals surface area contributed by atoms with Gasteiger partial charge in [0.05, 0.1) is 32.7 Å². The molecule has 2 rings (SSSR count). The first-order valence-corrected chi connectivity index (χ1v) is 7.14. The second-order valence-corrected chi connectivity index (χ2v) is 5.10. The van der Waals surface area contributed by atoms with Crippen molar-refractivity contribution in [2.45, 2.75) is 6.42 Å². The summed E-state index contributed by atoms with van der Waals surface area (Å²) in [6.45, 7) is 3.41. The Morgan fingerprint density at radius 2 is 1.86 bits per heavy atom. The zero-order valence-electron chi connectivity index (χ0n) is 11.9. The maximum absolute atomic E-state index is 12.0. The van der Waals surface area contributed by atoms with E-state index >= 15 is 0 Å². The zero-order valence-corrected chi connectivity index (χ0v) is 11.9. The molecule has 21 heavy (non-hydrogen) atoms. The summed E-state index contributed by atoms with van der Waals surface area (Å²) in [6, 6.07) is 9.24. The number of carboxylic acids is 1. The van der Waals surface area contributed by atoms with Gasteiger partial charge >= 0.3 is 0 Å². The van der Waals surface area contributed by atoms with Crippen LogP contribution in [0.4, 0.5) is 0 Å². The highest BCUT2D eigenvalue weighted by Crippen LogP contribution is 2.08. The molecule has 0 aliphatic carbocycles. The Morgan fingerprint density at radius 1 is 1.19 bits per heavy atom. The molecule has 0 spiro atoms. The highest BCUT2D eigenvalue weighted by Gasteiger charge is 2.23. The zero-order chi connectivity index (χ0) is 15.1. The van der Waals surface area contributed by atoms with Crippen molar-refractivity contribution >= 4 is 11.9 Å². The van der Waals surface area contributed by atoms with Crippen molar-refractivity contribution in [3.63, 3.8) is 0 Å². The molecule has 1 amide bonds. The number of nitrogens with zero attached hydrogens (tertiary/aromatic N) is 1. The van der Waals surface area contributed by atoms with Gasteiger partial charge < -0.3 is 24.4 Å². The molecule has 1 fully saturated rings. The van der Waals surface area contributed by atoms with Gasteiger partial charge in [0.1, 0.15) is 5.75 Å². The number of benzene rings is 1. The van der Waals surface area contributed by atoms with Crippen LogP contribution in [0.5, 0.6) is 5.75 Å². The van der Waals surface area contributed by atoms with E-state index in [9.17, 15) is 14.7 Å². The van der Waals surface area contributed by atoms with Gasteiger partial charge in [-0.05, 0) is 12.1 Å². The van der Waals surface area contributed by atoms with E-state index in [0.29, 0.717) is 25.4 Å². The summed E-state index contributed by atoms with van der Waals surface area (Å²) in [7, 11) is 0. The van der Waals surface area contributed by atoms with E-state index in [1.165, 1.54) is 4.90 Å². The maximum atomic E-state index is 12.0. The van der Waals surface area contributed by atoms with Crippen molar-refractivity contribution in [2.24, 2.45) is 0 Å². The lowest BCUT2D eigenvalue weighted by molar-refractivity contribution is -0.903. The van der Waals surface area contributed by atoms with Gasteiger partial charge in [-0.2, -0.15) is 0 Å². The summed E-state index contributed by atoms with van der Waals surface area (Å²) in [4.78, 5) is 25.4. The lowest BCUT2D eigenvalue weighted by atomic mass is 10.3. The number of piperazine rings is 1. The lowest BCUT2D eigenvalue weighted by Gasteiger charge is -2.32. The van der Waals surface area contributed by atoms with Crippen molar-refractivity contribution in [3.8, 4) is 5.75 Å². The molecule has 1 heterocycles. The molecule has 0 saturated carbocycles. The third kappa shape index (κ3) is 5.07. The van der Waals surface area contributed by atoms with Crippen molar-refractivity contribution < 1.29 is 24.3 Å². The minimum absolute atomic E-state index is 0.0298. The predicted molar refractivity (Wildman–Crippen MR) is 73.7 cm³/mol. The number of carboxylic acid groups (broad SMARTS) is 1. The van der Waals surface area contributed by atoms with Crippen LogP contribution in [0.3, 0.4) is 0 Å². The van der Waals surface area contributed by atoms with Crippen LogP contribution in [-0.2, 0) is 9.59 Å². The van der Waals surface area contributed by atoms with Crippen LogP contribution in [-0.4, -0.2) is 56.1 Å². The number of ether oxygens (including phenoxy) is 1. The lowest BCUT2D eigenvalue weighted by Crippen LogP contribution is -3.15. The average Bonchev–Trinajstić information content (AvgIpc) is 2.52. The largest absolute Gasteiger partial charge is 0.550 e.